The summed E-state index contributed by atoms with van der Waals surface area (Å²) in [5.74, 6) is -5.14. The number of rotatable bonds is 6. The van der Waals surface area contributed by atoms with Gasteiger partial charge in [-0.05, 0) is 0 Å². The van der Waals surface area contributed by atoms with Crippen molar-refractivity contribution in [2.45, 2.75) is 6.10 Å². The molecular weight excluding hydrogens is 242 g/mol. The summed E-state index contributed by atoms with van der Waals surface area (Å²) in [5.41, 5.74) is 0. The maximum atomic E-state index is 12.2. The monoisotopic (exact) mass is 252 g/mol. The minimum atomic E-state index is -1.28. The van der Waals surface area contributed by atoms with E-state index in [4.69, 9.17) is 0 Å². The van der Waals surface area contributed by atoms with Crippen LogP contribution in [0.15, 0.2) is 24.8 Å². The highest BCUT2D eigenvalue weighted by Crippen LogP contribution is 2.04. The first-order chi connectivity index (χ1) is 7.38. The van der Waals surface area contributed by atoms with Crippen molar-refractivity contribution in [1.29, 1.82) is 0 Å². The summed E-state index contributed by atoms with van der Waals surface area (Å²) in [4.78, 5) is 21.4. The van der Waals surface area contributed by atoms with E-state index in [-0.39, 0.29) is 5.75 Å². The van der Waals surface area contributed by atoms with Crippen molar-refractivity contribution in [2.75, 3.05) is 12.4 Å². The van der Waals surface area contributed by atoms with Gasteiger partial charge in [0.05, 0.1) is 0 Å². The Kier molecular flexibility index (Phi) is 6.40. The third kappa shape index (κ3) is 5.50. The average Bonchev–Trinajstić information content (AvgIpc) is 2.22. The van der Waals surface area contributed by atoms with Crippen molar-refractivity contribution in [3.63, 3.8) is 0 Å². The van der Waals surface area contributed by atoms with Crippen LogP contribution in [0.3, 0.4) is 0 Å². The topological polar surface area (TPSA) is 52.6 Å². The Morgan fingerprint density at radius 3 is 2.06 bits per heavy atom. The lowest BCUT2D eigenvalue weighted by molar-refractivity contribution is -0.154. The molecule has 0 heterocycles. The number of esters is 2. The maximum Gasteiger partial charge on any atom is 0.366 e. The van der Waals surface area contributed by atoms with Gasteiger partial charge in [0.2, 0.25) is 11.7 Å². The quantitative estimate of drug-likeness (QED) is 0.440. The molecule has 0 amide bonds. The van der Waals surface area contributed by atoms with Crippen LogP contribution in [0.4, 0.5) is 8.78 Å². The molecule has 0 radical (unpaired) electrons. The molecule has 1 unspecified atom stereocenters. The lowest BCUT2D eigenvalue weighted by atomic mass is 10.4. The van der Waals surface area contributed by atoms with E-state index in [1.165, 1.54) is 0 Å². The van der Waals surface area contributed by atoms with Gasteiger partial charge in [0.25, 0.3) is 0 Å². The van der Waals surface area contributed by atoms with Gasteiger partial charge in [0.1, 0.15) is 12.7 Å². The fourth-order valence-corrected chi connectivity index (χ4v) is 0.766. The molecule has 0 bridgehead atoms. The maximum absolute atomic E-state index is 12.2. The molecule has 0 aromatic rings. The van der Waals surface area contributed by atoms with E-state index in [9.17, 15) is 18.4 Å². The molecule has 0 N–H and O–H groups in total. The highest BCUT2D eigenvalue weighted by molar-refractivity contribution is 7.80. The zero-order chi connectivity index (χ0) is 12.7. The molecule has 0 saturated heterocycles. The molecule has 0 aromatic heterocycles. The van der Waals surface area contributed by atoms with Crippen LogP contribution < -0.4 is 0 Å². The van der Waals surface area contributed by atoms with Gasteiger partial charge in [0.15, 0.2) is 0 Å². The van der Waals surface area contributed by atoms with Crippen molar-refractivity contribution >= 4 is 24.6 Å². The zero-order valence-corrected chi connectivity index (χ0v) is 9.14. The van der Waals surface area contributed by atoms with Crippen LogP contribution in [0.2, 0.25) is 0 Å². The van der Waals surface area contributed by atoms with E-state index in [1.807, 2.05) is 0 Å². The van der Waals surface area contributed by atoms with Gasteiger partial charge in [-0.3, -0.25) is 0 Å². The number of carbonyl (C=O) groups excluding carboxylic acids is 2. The second-order valence-electron chi connectivity index (χ2n) is 2.62. The normalized spacial score (nSPS) is 11.4. The summed E-state index contributed by atoms with van der Waals surface area (Å²) >= 11 is 3.78. The highest BCUT2D eigenvalue weighted by Gasteiger charge is 2.18. The number of halogens is 2. The Balaban J connectivity index is 4.11. The smallest absolute Gasteiger partial charge is 0.366 e. The fourth-order valence-electron chi connectivity index (χ4n) is 0.586. The SMILES string of the molecule is C=C(F)C(=O)OCC(CS)OC(=O)C(=C)F. The van der Waals surface area contributed by atoms with Crippen molar-refractivity contribution in [1.82, 2.24) is 0 Å². The van der Waals surface area contributed by atoms with Crippen molar-refractivity contribution in [3.05, 3.63) is 24.8 Å². The number of hydrogen-bond acceptors (Lipinski definition) is 5. The predicted octanol–water partition coefficient (Wildman–Crippen LogP) is 1.34. The summed E-state index contributed by atoms with van der Waals surface area (Å²) in [7, 11) is 0. The lowest BCUT2D eigenvalue weighted by Gasteiger charge is -2.14. The summed E-state index contributed by atoms with van der Waals surface area (Å²) in [6.07, 6.45) is -0.980. The molecule has 0 aromatic carbocycles. The zero-order valence-electron chi connectivity index (χ0n) is 8.24. The van der Waals surface area contributed by atoms with Gasteiger partial charge in [-0.1, -0.05) is 13.2 Å². The molecule has 0 spiro atoms. The molecule has 0 fully saturated rings. The van der Waals surface area contributed by atoms with E-state index < -0.39 is 36.3 Å². The van der Waals surface area contributed by atoms with Gasteiger partial charge in [-0.25, -0.2) is 9.59 Å². The molecule has 90 valence electrons. The molecule has 0 aliphatic carbocycles. The van der Waals surface area contributed by atoms with E-state index in [0.29, 0.717) is 0 Å². The number of hydrogen-bond donors (Lipinski definition) is 1. The third-order valence-corrected chi connectivity index (χ3v) is 1.73. The first kappa shape index (κ1) is 14.6. The first-order valence-corrected chi connectivity index (χ1v) is 4.69. The van der Waals surface area contributed by atoms with Crippen LogP contribution in [-0.4, -0.2) is 30.4 Å². The summed E-state index contributed by atoms with van der Waals surface area (Å²) in [6, 6.07) is 0. The van der Waals surface area contributed by atoms with E-state index in [1.54, 1.807) is 0 Å². The number of carbonyl (C=O) groups is 2. The minimum absolute atomic E-state index is 0.0228. The number of thiol groups is 1. The lowest BCUT2D eigenvalue weighted by Crippen LogP contribution is -2.27. The largest absolute Gasteiger partial charge is 0.456 e. The van der Waals surface area contributed by atoms with Gasteiger partial charge in [-0.15, -0.1) is 0 Å². The summed E-state index contributed by atoms with van der Waals surface area (Å²) < 4.78 is 33.2. The summed E-state index contributed by atoms with van der Waals surface area (Å²) in [6.45, 7) is 4.98. The Morgan fingerprint density at radius 1 is 1.19 bits per heavy atom. The summed E-state index contributed by atoms with van der Waals surface area (Å²) in [5, 5.41) is 0. The van der Waals surface area contributed by atoms with Crippen molar-refractivity contribution < 1.29 is 27.8 Å². The molecule has 7 heteroatoms. The van der Waals surface area contributed by atoms with Crippen molar-refractivity contribution in [2.24, 2.45) is 0 Å². The highest BCUT2D eigenvalue weighted by atomic mass is 32.1. The molecular formula is C9H10F2O4S. The second-order valence-corrected chi connectivity index (χ2v) is 2.98. The van der Waals surface area contributed by atoms with Crippen LogP contribution in [0.1, 0.15) is 0 Å². The predicted molar refractivity (Wildman–Crippen MR) is 55.2 cm³/mol. The van der Waals surface area contributed by atoms with Crippen molar-refractivity contribution in [3.8, 4) is 0 Å². The van der Waals surface area contributed by atoms with Crippen LogP contribution in [0.25, 0.3) is 0 Å². The number of ether oxygens (including phenoxy) is 2. The first-order valence-electron chi connectivity index (χ1n) is 4.06. The molecule has 1 atom stereocenters. The minimum Gasteiger partial charge on any atom is -0.456 e. The molecule has 0 aliphatic heterocycles. The Labute approximate surface area is 96.3 Å². The van der Waals surface area contributed by atoms with Crippen LogP contribution in [0, 0.1) is 0 Å². The Morgan fingerprint density at radius 2 is 1.69 bits per heavy atom. The Hall–Kier alpha value is -1.37. The third-order valence-electron chi connectivity index (χ3n) is 1.32. The van der Waals surface area contributed by atoms with Gasteiger partial charge >= 0.3 is 11.9 Å². The van der Waals surface area contributed by atoms with E-state index >= 15 is 0 Å². The van der Waals surface area contributed by atoms with Crippen LogP contribution in [-0.2, 0) is 19.1 Å². The molecule has 0 rings (SSSR count). The standard InChI is InChI=1S/C9H10F2O4S/c1-5(10)8(12)14-3-7(4-16)15-9(13)6(2)11/h7,16H,1-4H2. The van der Waals surface area contributed by atoms with Crippen LogP contribution >= 0.6 is 12.6 Å². The molecule has 16 heavy (non-hydrogen) atoms. The van der Waals surface area contributed by atoms with E-state index in [2.05, 4.69) is 35.3 Å². The molecule has 0 saturated carbocycles. The Bertz CT molecular complexity index is 317. The van der Waals surface area contributed by atoms with Gasteiger partial charge in [0, 0.05) is 5.75 Å². The fraction of sp³-hybridized carbons (Fsp3) is 0.333. The second kappa shape index (κ2) is 7.00. The van der Waals surface area contributed by atoms with E-state index in [0.717, 1.165) is 0 Å². The van der Waals surface area contributed by atoms with Gasteiger partial charge in [-0.2, -0.15) is 21.4 Å². The molecule has 4 nitrogen and oxygen atoms in total. The average molecular weight is 252 g/mol. The van der Waals surface area contributed by atoms with Crippen LogP contribution in [0.5, 0.6) is 0 Å². The van der Waals surface area contributed by atoms with Gasteiger partial charge < -0.3 is 9.47 Å². The molecule has 0 aliphatic rings.